The first-order valence-corrected chi connectivity index (χ1v) is 7.59. The molecule has 0 amide bonds. The topological polar surface area (TPSA) is 21.1 Å². The molecule has 0 radical (unpaired) electrons. The number of nitrogens with zero attached hydrogens (tertiary/aromatic N) is 3. The summed E-state index contributed by atoms with van der Waals surface area (Å²) in [5, 5.41) is 0.825. The molecule has 1 aliphatic heterocycles. The van der Waals surface area contributed by atoms with Gasteiger partial charge in [0.25, 0.3) is 0 Å². The number of likely N-dealkylation sites (tertiary alicyclic amines) is 1. The third-order valence-corrected chi connectivity index (χ3v) is 4.14. The Kier molecular flexibility index (Phi) is 4.08. The van der Waals surface area contributed by atoms with Crippen molar-refractivity contribution >= 4 is 11.6 Å². The zero-order chi connectivity index (χ0) is 13.9. The van der Waals surface area contributed by atoms with E-state index in [1.807, 2.05) is 18.3 Å². The molecular weight excluding hydrogens is 270 g/mol. The highest BCUT2D eigenvalue weighted by atomic mass is 35.5. The molecule has 3 rings (SSSR count). The minimum Gasteiger partial charge on any atom is -0.335 e. The molecule has 0 aliphatic carbocycles. The lowest BCUT2D eigenvalue weighted by Crippen LogP contribution is -2.47. The Morgan fingerprint density at radius 1 is 1.35 bits per heavy atom. The van der Waals surface area contributed by atoms with E-state index in [1.54, 1.807) is 0 Å². The average Bonchev–Trinajstić information content (AvgIpc) is 2.83. The third kappa shape index (κ3) is 3.05. The smallest absolute Gasteiger partial charge is 0.108 e. The van der Waals surface area contributed by atoms with Crippen LogP contribution in [0.15, 0.2) is 36.7 Å². The molecule has 4 heteroatoms. The van der Waals surface area contributed by atoms with Crippen LogP contribution in [0.25, 0.3) is 0 Å². The molecule has 0 atom stereocenters. The van der Waals surface area contributed by atoms with Crippen LogP contribution in [0.5, 0.6) is 0 Å². The van der Waals surface area contributed by atoms with E-state index in [9.17, 15) is 0 Å². The third-order valence-electron chi connectivity index (χ3n) is 3.90. The quantitative estimate of drug-likeness (QED) is 0.843. The second-order valence-corrected chi connectivity index (χ2v) is 5.98. The molecule has 20 heavy (non-hydrogen) atoms. The molecule has 2 heterocycles. The maximum atomic E-state index is 6.02. The van der Waals surface area contributed by atoms with E-state index < -0.39 is 0 Å². The minimum absolute atomic E-state index is 0.744. The van der Waals surface area contributed by atoms with Crippen LogP contribution < -0.4 is 0 Å². The van der Waals surface area contributed by atoms with Gasteiger partial charge in [-0.25, -0.2) is 4.98 Å². The minimum atomic E-state index is 0.744. The lowest BCUT2D eigenvalue weighted by Gasteiger charge is -2.39. The van der Waals surface area contributed by atoms with Crippen molar-refractivity contribution < 1.29 is 0 Å². The summed E-state index contributed by atoms with van der Waals surface area (Å²) >= 11 is 6.02. The Bertz CT molecular complexity index is 573. The number of rotatable bonds is 5. The lowest BCUT2D eigenvalue weighted by molar-refractivity contribution is 0.0798. The van der Waals surface area contributed by atoms with Crippen LogP contribution in [-0.2, 0) is 19.5 Å². The fourth-order valence-corrected chi connectivity index (χ4v) is 3.13. The SMILES string of the molecule is CCc1nccn1CC1CN(Cc2cccc(Cl)c2)C1. The van der Waals surface area contributed by atoms with Crippen LogP contribution in [0, 0.1) is 5.92 Å². The van der Waals surface area contributed by atoms with Gasteiger partial charge < -0.3 is 4.57 Å². The van der Waals surface area contributed by atoms with E-state index in [-0.39, 0.29) is 0 Å². The summed E-state index contributed by atoms with van der Waals surface area (Å²) in [7, 11) is 0. The summed E-state index contributed by atoms with van der Waals surface area (Å²) in [5.74, 6) is 1.94. The Labute approximate surface area is 125 Å². The van der Waals surface area contributed by atoms with Gasteiger partial charge in [0.1, 0.15) is 5.82 Å². The largest absolute Gasteiger partial charge is 0.335 e. The van der Waals surface area contributed by atoms with Gasteiger partial charge in [-0.3, -0.25) is 4.90 Å². The van der Waals surface area contributed by atoms with Gasteiger partial charge in [0.2, 0.25) is 0 Å². The number of aromatic nitrogens is 2. The van der Waals surface area contributed by atoms with E-state index in [1.165, 1.54) is 11.4 Å². The van der Waals surface area contributed by atoms with E-state index in [0.717, 1.165) is 43.5 Å². The fraction of sp³-hybridized carbons (Fsp3) is 0.438. The second kappa shape index (κ2) is 5.98. The van der Waals surface area contributed by atoms with Crippen LogP contribution in [0.3, 0.4) is 0 Å². The summed E-state index contributed by atoms with van der Waals surface area (Å²) in [4.78, 5) is 6.85. The first-order valence-electron chi connectivity index (χ1n) is 7.21. The van der Waals surface area contributed by atoms with Gasteiger partial charge in [-0.15, -0.1) is 0 Å². The molecule has 2 aromatic rings. The van der Waals surface area contributed by atoms with E-state index in [2.05, 4.69) is 39.7 Å². The van der Waals surface area contributed by atoms with Gasteiger partial charge in [-0.2, -0.15) is 0 Å². The monoisotopic (exact) mass is 289 g/mol. The van der Waals surface area contributed by atoms with Gasteiger partial charge in [0.15, 0.2) is 0 Å². The van der Waals surface area contributed by atoms with Crippen molar-refractivity contribution in [1.29, 1.82) is 0 Å². The van der Waals surface area contributed by atoms with Gasteiger partial charge >= 0.3 is 0 Å². The zero-order valence-corrected chi connectivity index (χ0v) is 12.6. The molecule has 1 aliphatic rings. The number of hydrogen-bond donors (Lipinski definition) is 0. The molecule has 1 fully saturated rings. The summed E-state index contributed by atoms with van der Waals surface area (Å²) in [6.45, 7) is 6.57. The van der Waals surface area contributed by atoms with Crippen LogP contribution in [0.4, 0.5) is 0 Å². The normalized spacial score (nSPS) is 16.3. The first kappa shape index (κ1) is 13.7. The van der Waals surface area contributed by atoms with Crippen molar-refractivity contribution in [3.8, 4) is 0 Å². The number of imidazole rings is 1. The summed E-state index contributed by atoms with van der Waals surface area (Å²) in [6.07, 6.45) is 5.01. The molecule has 1 aromatic carbocycles. The maximum absolute atomic E-state index is 6.02. The molecule has 1 saturated heterocycles. The Hall–Kier alpha value is -1.32. The molecule has 0 bridgehead atoms. The van der Waals surface area contributed by atoms with Crippen molar-refractivity contribution in [2.24, 2.45) is 5.92 Å². The molecule has 106 valence electrons. The fourth-order valence-electron chi connectivity index (χ4n) is 2.91. The van der Waals surface area contributed by atoms with Crippen molar-refractivity contribution in [2.75, 3.05) is 13.1 Å². The number of halogens is 1. The molecule has 0 N–H and O–H groups in total. The molecule has 0 unspecified atom stereocenters. The van der Waals surface area contributed by atoms with Gasteiger partial charge in [-0.1, -0.05) is 30.7 Å². The maximum Gasteiger partial charge on any atom is 0.108 e. The first-order chi connectivity index (χ1) is 9.74. The highest BCUT2D eigenvalue weighted by molar-refractivity contribution is 6.30. The average molecular weight is 290 g/mol. The molecule has 1 aromatic heterocycles. The Balaban J connectivity index is 1.49. The van der Waals surface area contributed by atoms with Crippen molar-refractivity contribution in [2.45, 2.75) is 26.4 Å². The predicted octanol–water partition coefficient (Wildman–Crippen LogP) is 3.23. The van der Waals surface area contributed by atoms with Gasteiger partial charge in [0.05, 0.1) is 0 Å². The summed E-state index contributed by atoms with van der Waals surface area (Å²) in [5.41, 5.74) is 1.30. The van der Waals surface area contributed by atoms with Gasteiger partial charge in [-0.05, 0) is 17.7 Å². The molecule has 3 nitrogen and oxygen atoms in total. The number of benzene rings is 1. The van der Waals surface area contributed by atoms with Crippen LogP contribution in [0.2, 0.25) is 5.02 Å². The zero-order valence-electron chi connectivity index (χ0n) is 11.8. The highest BCUT2D eigenvalue weighted by Crippen LogP contribution is 2.22. The van der Waals surface area contributed by atoms with Crippen molar-refractivity contribution in [1.82, 2.24) is 14.5 Å². The van der Waals surface area contributed by atoms with E-state index >= 15 is 0 Å². The van der Waals surface area contributed by atoms with Crippen molar-refractivity contribution in [3.05, 3.63) is 53.1 Å². The lowest BCUT2D eigenvalue weighted by atomic mass is 9.99. The summed E-state index contributed by atoms with van der Waals surface area (Å²) < 4.78 is 2.29. The van der Waals surface area contributed by atoms with Crippen LogP contribution in [-0.4, -0.2) is 27.5 Å². The summed E-state index contributed by atoms with van der Waals surface area (Å²) in [6, 6.07) is 8.15. The number of aryl methyl sites for hydroxylation is 1. The standard InChI is InChI=1S/C16H20ClN3/c1-2-16-18-6-7-20(16)12-14-10-19(11-14)9-13-4-3-5-15(17)8-13/h3-8,14H,2,9-12H2,1H3. The Morgan fingerprint density at radius 3 is 2.95 bits per heavy atom. The predicted molar refractivity (Wildman–Crippen MR) is 81.8 cm³/mol. The highest BCUT2D eigenvalue weighted by Gasteiger charge is 2.27. The van der Waals surface area contributed by atoms with Crippen molar-refractivity contribution in [3.63, 3.8) is 0 Å². The van der Waals surface area contributed by atoms with Crippen LogP contribution in [0.1, 0.15) is 18.3 Å². The molecule has 0 saturated carbocycles. The molecule has 0 spiro atoms. The molecular formula is C16H20ClN3. The van der Waals surface area contributed by atoms with Crippen LogP contribution >= 0.6 is 11.6 Å². The van der Waals surface area contributed by atoms with Gasteiger partial charge in [0, 0.05) is 55.9 Å². The Morgan fingerprint density at radius 2 is 2.20 bits per heavy atom. The van der Waals surface area contributed by atoms with E-state index in [4.69, 9.17) is 11.6 Å². The second-order valence-electron chi connectivity index (χ2n) is 5.54. The van der Waals surface area contributed by atoms with E-state index in [0.29, 0.717) is 0 Å². The number of hydrogen-bond acceptors (Lipinski definition) is 2.